The molecule has 0 aromatic heterocycles. The Hall–Kier alpha value is -2.04. The minimum atomic E-state index is -1.03. The summed E-state index contributed by atoms with van der Waals surface area (Å²) >= 11 is 10.2. The van der Waals surface area contributed by atoms with Crippen molar-refractivity contribution in [1.82, 2.24) is 4.90 Å². The van der Waals surface area contributed by atoms with Gasteiger partial charge in [-0.1, -0.05) is 11.6 Å². The molecule has 0 radical (unpaired) electrons. The molecule has 11 heteroatoms. The van der Waals surface area contributed by atoms with Gasteiger partial charge < -0.3 is 14.2 Å². The fourth-order valence-corrected chi connectivity index (χ4v) is 4.22. The Balaban J connectivity index is 2.24. The summed E-state index contributed by atoms with van der Waals surface area (Å²) in [4.78, 5) is 48.9. The van der Waals surface area contributed by atoms with Crippen LogP contribution in [0.25, 0.3) is 6.08 Å². The second-order valence-electron chi connectivity index (χ2n) is 5.66. The van der Waals surface area contributed by atoms with E-state index < -0.39 is 29.1 Å². The monoisotopic (exact) mass is 505 g/mol. The molecule has 1 saturated heterocycles. The molecule has 2 rings (SSSR count). The molecule has 1 heterocycles. The van der Waals surface area contributed by atoms with E-state index in [0.29, 0.717) is 21.8 Å². The third kappa shape index (κ3) is 5.52. The topological polar surface area (TPSA) is 99.2 Å². The standard InChI is InChI=1S/C18H17BrClNO7S/c1-4-27-17(24)9(2)21-16(23)13(29-18(21)25)7-10-5-11(19)15(12(20)6-10)28-8-14(22)26-3/h5-7,9H,4,8H2,1-3H3/b13-7+/t9-/m1/s1. The van der Waals surface area contributed by atoms with E-state index >= 15 is 0 Å². The van der Waals surface area contributed by atoms with E-state index in [0.717, 1.165) is 4.90 Å². The summed E-state index contributed by atoms with van der Waals surface area (Å²) in [6, 6.07) is 2.10. The highest BCUT2D eigenvalue weighted by atomic mass is 79.9. The Bertz CT molecular complexity index is 866. The Morgan fingerprint density at radius 2 is 2.03 bits per heavy atom. The Morgan fingerprint density at radius 1 is 1.34 bits per heavy atom. The van der Waals surface area contributed by atoms with Gasteiger partial charge in [0.25, 0.3) is 11.1 Å². The van der Waals surface area contributed by atoms with Crippen LogP contribution in [0.15, 0.2) is 21.5 Å². The van der Waals surface area contributed by atoms with Crippen molar-refractivity contribution in [3.8, 4) is 5.75 Å². The number of nitrogens with zero attached hydrogens (tertiary/aromatic N) is 1. The van der Waals surface area contributed by atoms with Crippen molar-refractivity contribution in [2.75, 3.05) is 20.3 Å². The zero-order valence-electron chi connectivity index (χ0n) is 15.7. The van der Waals surface area contributed by atoms with E-state index in [1.807, 2.05) is 0 Å². The van der Waals surface area contributed by atoms with Crippen LogP contribution in [0.3, 0.4) is 0 Å². The Kier molecular flexibility index (Phi) is 8.12. The lowest BCUT2D eigenvalue weighted by Crippen LogP contribution is -2.42. The first kappa shape index (κ1) is 23.2. The van der Waals surface area contributed by atoms with Gasteiger partial charge in [-0.2, -0.15) is 0 Å². The van der Waals surface area contributed by atoms with Crippen LogP contribution in [-0.4, -0.2) is 54.4 Å². The predicted octanol–water partition coefficient (Wildman–Crippen LogP) is 3.64. The summed E-state index contributed by atoms with van der Waals surface area (Å²) in [6.07, 6.45) is 1.48. The zero-order valence-corrected chi connectivity index (χ0v) is 18.9. The molecule has 0 spiro atoms. The molecule has 29 heavy (non-hydrogen) atoms. The van der Waals surface area contributed by atoms with E-state index in [1.165, 1.54) is 26.2 Å². The summed E-state index contributed by atoms with van der Waals surface area (Å²) in [5, 5.41) is -0.376. The fraction of sp³-hybridized carbons (Fsp3) is 0.333. The lowest BCUT2D eigenvalue weighted by molar-refractivity contribution is -0.150. The predicted molar refractivity (Wildman–Crippen MR) is 111 cm³/mol. The summed E-state index contributed by atoms with van der Waals surface area (Å²) in [7, 11) is 1.24. The normalized spacial score (nSPS) is 16.2. The van der Waals surface area contributed by atoms with E-state index in [4.69, 9.17) is 21.1 Å². The largest absolute Gasteiger partial charge is 0.479 e. The number of benzene rings is 1. The maximum Gasteiger partial charge on any atom is 0.343 e. The molecule has 1 aliphatic heterocycles. The molecule has 1 fully saturated rings. The van der Waals surface area contributed by atoms with Gasteiger partial charge >= 0.3 is 11.9 Å². The van der Waals surface area contributed by atoms with Crippen molar-refractivity contribution in [2.45, 2.75) is 19.9 Å². The van der Waals surface area contributed by atoms with E-state index in [1.54, 1.807) is 13.0 Å². The maximum absolute atomic E-state index is 12.6. The number of halogens is 2. The van der Waals surface area contributed by atoms with Crippen LogP contribution in [0, 0.1) is 0 Å². The summed E-state index contributed by atoms with van der Waals surface area (Å²) in [5.41, 5.74) is 0.515. The summed E-state index contributed by atoms with van der Waals surface area (Å²) in [5.74, 6) is -1.59. The Labute approximate surface area is 184 Å². The molecule has 1 aliphatic rings. The minimum Gasteiger partial charge on any atom is -0.479 e. The van der Waals surface area contributed by atoms with Crippen LogP contribution in [0.5, 0.6) is 5.75 Å². The molecule has 0 aliphatic carbocycles. The lowest BCUT2D eigenvalue weighted by Gasteiger charge is -2.19. The number of rotatable bonds is 7. The first-order valence-corrected chi connectivity index (χ1v) is 10.3. The number of hydrogen-bond donors (Lipinski definition) is 0. The van der Waals surface area contributed by atoms with Gasteiger partial charge in [-0.05, 0) is 65.3 Å². The van der Waals surface area contributed by atoms with Crippen molar-refractivity contribution in [2.24, 2.45) is 0 Å². The van der Waals surface area contributed by atoms with Crippen LogP contribution in [0.4, 0.5) is 4.79 Å². The van der Waals surface area contributed by atoms with E-state index in [2.05, 4.69) is 20.7 Å². The second kappa shape index (κ2) is 10.1. The SMILES string of the molecule is CCOC(=O)[C@@H](C)N1C(=O)S/C(=C/c2cc(Cl)c(OCC(=O)OC)c(Br)c2)C1=O. The first-order chi connectivity index (χ1) is 13.7. The number of hydrogen-bond acceptors (Lipinski definition) is 8. The number of ether oxygens (including phenoxy) is 3. The van der Waals surface area contributed by atoms with Gasteiger partial charge in [0.05, 0.1) is 28.1 Å². The van der Waals surface area contributed by atoms with Crippen molar-refractivity contribution < 1.29 is 33.4 Å². The fourth-order valence-electron chi connectivity index (χ4n) is 2.32. The van der Waals surface area contributed by atoms with Crippen LogP contribution < -0.4 is 4.74 Å². The lowest BCUT2D eigenvalue weighted by atomic mass is 10.2. The van der Waals surface area contributed by atoms with Crippen LogP contribution >= 0.6 is 39.3 Å². The highest BCUT2D eigenvalue weighted by Gasteiger charge is 2.41. The van der Waals surface area contributed by atoms with Crippen molar-refractivity contribution in [3.05, 3.63) is 32.1 Å². The maximum atomic E-state index is 12.6. The molecule has 1 atom stereocenters. The molecule has 2 amide bonds. The van der Waals surface area contributed by atoms with E-state index in [9.17, 15) is 19.2 Å². The minimum absolute atomic E-state index is 0.136. The third-order valence-electron chi connectivity index (χ3n) is 3.72. The van der Waals surface area contributed by atoms with Crippen molar-refractivity contribution in [1.29, 1.82) is 0 Å². The Morgan fingerprint density at radius 3 is 2.62 bits per heavy atom. The molecule has 8 nitrogen and oxygen atoms in total. The zero-order chi connectivity index (χ0) is 21.7. The number of carbonyl (C=O) groups is 4. The quantitative estimate of drug-likeness (QED) is 0.408. The number of carbonyl (C=O) groups excluding carboxylic acids is 4. The summed E-state index contributed by atoms with van der Waals surface area (Å²) < 4.78 is 15.1. The number of methoxy groups -OCH3 is 1. The van der Waals surface area contributed by atoms with Gasteiger partial charge in [0.15, 0.2) is 12.4 Å². The molecular formula is C18H17BrClNO7S. The molecule has 0 unspecified atom stereocenters. The smallest absolute Gasteiger partial charge is 0.343 e. The molecule has 1 aromatic carbocycles. The molecule has 0 N–H and O–H groups in total. The number of imide groups is 1. The van der Waals surface area contributed by atoms with E-state index in [-0.39, 0.29) is 28.9 Å². The van der Waals surface area contributed by atoms with Crippen molar-refractivity contribution in [3.63, 3.8) is 0 Å². The molecule has 0 bridgehead atoms. The number of amides is 2. The van der Waals surface area contributed by atoms with Gasteiger partial charge in [-0.25, -0.2) is 9.59 Å². The van der Waals surface area contributed by atoms with Crippen LogP contribution in [0.1, 0.15) is 19.4 Å². The summed E-state index contributed by atoms with van der Waals surface area (Å²) in [6.45, 7) is 2.89. The molecular weight excluding hydrogens is 490 g/mol. The third-order valence-corrected chi connectivity index (χ3v) is 5.47. The van der Waals surface area contributed by atoms with Crippen LogP contribution in [0.2, 0.25) is 5.02 Å². The van der Waals surface area contributed by atoms with Crippen LogP contribution in [-0.2, 0) is 23.9 Å². The molecule has 156 valence electrons. The van der Waals surface area contributed by atoms with Gasteiger partial charge in [0.2, 0.25) is 0 Å². The van der Waals surface area contributed by atoms with Gasteiger partial charge in [0.1, 0.15) is 6.04 Å². The highest BCUT2D eigenvalue weighted by Crippen LogP contribution is 2.38. The van der Waals surface area contributed by atoms with Gasteiger partial charge in [-0.3, -0.25) is 14.5 Å². The molecule has 0 saturated carbocycles. The number of thioether (sulfide) groups is 1. The first-order valence-electron chi connectivity index (χ1n) is 8.31. The number of esters is 2. The second-order valence-corrected chi connectivity index (χ2v) is 7.91. The van der Waals surface area contributed by atoms with Crippen molar-refractivity contribution >= 4 is 68.5 Å². The van der Waals surface area contributed by atoms with Gasteiger partial charge in [-0.15, -0.1) is 0 Å². The average Bonchev–Trinajstić information content (AvgIpc) is 2.93. The molecule has 1 aromatic rings. The average molecular weight is 507 g/mol. The van der Waals surface area contributed by atoms with Gasteiger partial charge in [0, 0.05) is 0 Å². The highest BCUT2D eigenvalue weighted by molar-refractivity contribution is 9.10.